The van der Waals surface area contributed by atoms with E-state index in [4.69, 9.17) is 0 Å². The second-order valence-corrected chi connectivity index (χ2v) is 5.43. The van der Waals surface area contributed by atoms with Crippen LogP contribution in [0.2, 0.25) is 0 Å². The molecule has 0 fully saturated rings. The van der Waals surface area contributed by atoms with Crippen molar-refractivity contribution in [3.8, 4) is 5.75 Å². The summed E-state index contributed by atoms with van der Waals surface area (Å²) in [5.74, 6) is -0.201. The number of fused-ring (bicyclic) bond motifs is 1. The fourth-order valence-electron chi connectivity index (χ4n) is 2.76. The normalized spacial score (nSPS) is 13.2. The van der Waals surface area contributed by atoms with Crippen LogP contribution in [-0.2, 0) is 19.3 Å². The van der Waals surface area contributed by atoms with Gasteiger partial charge in [0, 0.05) is 16.8 Å². The van der Waals surface area contributed by atoms with Crippen LogP contribution in [-0.4, -0.2) is 27.4 Å². The van der Waals surface area contributed by atoms with Gasteiger partial charge < -0.3 is 5.11 Å². The number of rotatable bonds is 5. The van der Waals surface area contributed by atoms with Crippen molar-refractivity contribution in [1.29, 1.82) is 0 Å². The Morgan fingerprint density at radius 3 is 3.17 bits per heavy atom. The predicted octanol–water partition coefficient (Wildman–Crippen LogP) is 2.10. The molecule has 1 amide bonds. The summed E-state index contributed by atoms with van der Waals surface area (Å²) in [6.45, 7) is 3.66. The first kappa shape index (κ1) is 15.0. The van der Waals surface area contributed by atoms with Crippen molar-refractivity contribution in [1.82, 2.24) is 15.6 Å². The number of hydrogen-bond donors (Lipinski definition) is 3. The molecular weight excluding hydrogens is 292 g/mol. The lowest BCUT2D eigenvalue weighted by Gasteiger charge is -2.04. The first-order valence-electron chi connectivity index (χ1n) is 7.52. The van der Waals surface area contributed by atoms with Crippen LogP contribution >= 0.6 is 0 Å². The summed E-state index contributed by atoms with van der Waals surface area (Å²) in [4.78, 5) is 12.1. The maximum Gasteiger partial charge on any atom is 0.292 e. The lowest BCUT2D eigenvalue weighted by atomic mass is 10.1. The van der Waals surface area contributed by atoms with Crippen molar-refractivity contribution >= 4 is 12.1 Å². The second kappa shape index (κ2) is 6.48. The summed E-state index contributed by atoms with van der Waals surface area (Å²) >= 11 is 0. The Labute approximate surface area is 133 Å². The van der Waals surface area contributed by atoms with Gasteiger partial charge >= 0.3 is 0 Å². The summed E-state index contributed by atoms with van der Waals surface area (Å²) in [5.41, 5.74) is 6.18. The number of hydrogen-bond acceptors (Lipinski definition) is 4. The van der Waals surface area contributed by atoms with Gasteiger partial charge in [0.05, 0.1) is 6.21 Å². The second-order valence-electron chi connectivity index (χ2n) is 5.43. The van der Waals surface area contributed by atoms with E-state index in [1.807, 2.05) is 12.1 Å². The number of allylic oxidation sites excluding steroid dienone is 1. The number of carbonyl (C=O) groups excluding carboxylic acids is 1. The van der Waals surface area contributed by atoms with Gasteiger partial charge in [0.25, 0.3) is 5.91 Å². The molecule has 6 heteroatoms. The Morgan fingerprint density at radius 1 is 1.48 bits per heavy atom. The van der Waals surface area contributed by atoms with Crippen LogP contribution in [0.4, 0.5) is 0 Å². The van der Waals surface area contributed by atoms with Crippen LogP contribution < -0.4 is 5.43 Å². The molecule has 1 aromatic heterocycles. The zero-order valence-corrected chi connectivity index (χ0v) is 12.7. The lowest BCUT2D eigenvalue weighted by Crippen LogP contribution is -2.19. The van der Waals surface area contributed by atoms with Crippen LogP contribution in [0.25, 0.3) is 0 Å². The quantitative estimate of drug-likeness (QED) is 0.449. The molecular formula is C17H18N4O2. The number of benzene rings is 1. The van der Waals surface area contributed by atoms with Crippen LogP contribution in [0.1, 0.15) is 39.3 Å². The summed E-state index contributed by atoms with van der Waals surface area (Å²) in [7, 11) is 0. The number of aromatic hydroxyl groups is 1. The van der Waals surface area contributed by atoms with E-state index in [1.54, 1.807) is 12.1 Å². The topological polar surface area (TPSA) is 90.4 Å². The van der Waals surface area contributed by atoms with Gasteiger partial charge in [-0.05, 0) is 37.3 Å². The molecule has 118 valence electrons. The molecule has 0 unspecified atom stereocenters. The summed E-state index contributed by atoms with van der Waals surface area (Å²) in [6, 6.07) is 5.37. The maximum atomic E-state index is 12.1. The van der Waals surface area contributed by atoms with Gasteiger partial charge in [0.2, 0.25) is 0 Å². The first-order chi connectivity index (χ1) is 11.2. The summed E-state index contributed by atoms with van der Waals surface area (Å²) in [5, 5.41) is 21.0. The lowest BCUT2D eigenvalue weighted by molar-refractivity contribution is 0.0949. The number of aromatic amines is 1. The maximum absolute atomic E-state index is 12.1. The third-order valence-electron chi connectivity index (χ3n) is 3.91. The number of para-hydroxylation sites is 1. The Balaban J connectivity index is 1.70. The minimum Gasteiger partial charge on any atom is -0.507 e. The third kappa shape index (κ3) is 3.01. The van der Waals surface area contributed by atoms with E-state index >= 15 is 0 Å². The molecule has 2 aromatic rings. The largest absolute Gasteiger partial charge is 0.507 e. The zero-order valence-electron chi connectivity index (χ0n) is 12.7. The Morgan fingerprint density at radius 2 is 2.35 bits per heavy atom. The molecule has 1 aliphatic carbocycles. The number of nitrogens with zero attached hydrogens (tertiary/aromatic N) is 2. The Hall–Kier alpha value is -2.89. The molecule has 0 atom stereocenters. The van der Waals surface area contributed by atoms with E-state index in [1.165, 1.54) is 6.21 Å². The summed E-state index contributed by atoms with van der Waals surface area (Å²) in [6.07, 6.45) is 6.55. The average Bonchev–Trinajstić information content (AvgIpc) is 3.14. The van der Waals surface area contributed by atoms with Crippen molar-refractivity contribution < 1.29 is 9.90 Å². The molecule has 0 aliphatic heterocycles. The molecule has 1 heterocycles. The molecule has 23 heavy (non-hydrogen) atoms. The first-order valence-corrected chi connectivity index (χ1v) is 7.52. The van der Waals surface area contributed by atoms with Crippen LogP contribution in [0.15, 0.2) is 36.0 Å². The van der Waals surface area contributed by atoms with Crippen LogP contribution in [0.3, 0.4) is 0 Å². The van der Waals surface area contributed by atoms with Gasteiger partial charge in [-0.2, -0.15) is 10.2 Å². The monoisotopic (exact) mass is 310 g/mol. The number of carbonyl (C=O) groups is 1. The van der Waals surface area contributed by atoms with E-state index in [0.29, 0.717) is 17.7 Å². The number of phenols is 1. The highest BCUT2D eigenvalue weighted by Gasteiger charge is 2.22. The van der Waals surface area contributed by atoms with Gasteiger partial charge in [0.1, 0.15) is 5.75 Å². The molecule has 1 aromatic carbocycles. The molecule has 3 N–H and O–H groups in total. The average molecular weight is 310 g/mol. The number of nitrogens with one attached hydrogen (secondary N) is 2. The standard InChI is InChI=1S/C17H18N4O2/c1-2-5-11-6-3-7-12(16(11)22)10-18-21-17(23)15-13-8-4-9-14(13)19-20-15/h2-3,6-7,10,22H,1,4-5,8-9H2,(H,19,20)(H,21,23)/b18-10+. The predicted molar refractivity (Wildman–Crippen MR) is 87.7 cm³/mol. The molecule has 0 spiro atoms. The van der Waals surface area contributed by atoms with E-state index in [0.717, 1.165) is 36.1 Å². The molecule has 3 rings (SSSR count). The van der Waals surface area contributed by atoms with E-state index in [-0.39, 0.29) is 11.7 Å². The van der Waals surface area contributed by atoms with Gasteiger partial charge in [0.15, 0.2) is 5.69 Å². The Kier molecular flexibility index (Phi) is 4.23. The third-order valence-corrected chi connectivity index (χ3v) is 3.91. The van der Waals surface area contributed by atoms with Crippen LogP contribution in [0, 0.1) is 0 Å². The van der Waals surface area contributed by atoms with Crippen molar-refractivity contribution in [3.63, 3.8) is 0 Å². The van der Waals surface area contributed by atoms with Gasteiger partial charge in [-0.25, -0.2) is 5.43 Å². The highest BCUT2D eigenvalue weighted by Crippen LogP contribution is 2.23. The number of amides is 1. The van der Waals surface area contributed by atoms with Gasteiger partial charge in [-0.1, -0.05) is 18.2 Å². The number of H-pyrrole nitrogens is 1. The van der Waals surface area contributed by atoms with E-state index in [9.17, 15) is 9.90 Å². The van der Waals surface area contributed by atoms with Crippen molar-refractivity contribution in [3.05, 3.63) is 58.9 Å². The minimum absolute atomic E-state index is 0.145. The highest BCUT2D eigenvalue weighted by molar-refractivity contribution is 5.95. The molecule has 0 radical (unpaired) electrons. The fraction of sp³-hybridized carbons (Fsp3) is 0.235. The van der Waals surface area contributed by atoms with Crippen LogP contribution in [0.5, 0.6) is 5.75 Å². The zero-order chi connectivity index (χ0) is 16.2. The minimum atomic E-state index is -0.345. The number of phenolic OH excluding ortho intramolecular Hbond substituents is 1. The van der Waals surface area contributed by atoms with Gasteiger partial charge in [-0.15, -0.1) is 6.58 Å². The van der Waals surface area contributed by atoms with E-state index in [2.05, 4.69) is 27.3 Å². The van der Waals surface area contributed by atoms with E-state index < -0.39 is 0 Å². The highest BCUT2D eigenvalue weighted by atomic mass is 16.3. The molecule has 0 saturated carbocycles. The molecule has 1 aliphatic rings. The summed E-state index contributed by atoms with van der Waals surface area (Å²) < 4.78 is 0. The Bertz CT molecular complexity index is 777. The number of hydrazone groups is 1. The molecule has 0 saturated heterocycles. The van der Waals surface area contributed by atoms with Crippen molar-refractivity contribution in [2.24, 2.45) is 5.10 Å². The number of aryl methyl sites for hydroxylation is 1. The van der Waals surface area contributed by atoms with Crippen molar-refractivity contribution in [2.75, 3.05) is 0 Å². The molecule has 6 nitrogen and oxygen atoms in total. The number of aromatic nitrogens is 2. The molecule has 0 bridgehead atoms. The SMILES string of the molecule is C=CCc1cccc(/C=N/NC(=O)c2n[nH]c3c2CCC3)c1O. The smallest absolute Gasteiger partial charge is 0.292 e. The van der Waals surface area contributed by atoms with Crippen molar-refractivity contribution in [2.45, 2.75) is 25.7 Å². The fourth-order valence-corrected chi connectivity index (χ4v) is 2.76. The van der Waals surface area contributed by atoms with Gasteiger partial charge in [-0.3, -0.25) is 9.89 Å².